The molecule has 0 N–H and O–H groups in total. The molecule has 0 aliphatic heterocycles. The number of benzene rings is 1. The molecule has 0 fully saturated rings. The van der Waals surface area contributed by atoms with Gasteiger partial charge in [0.2, 0.25) is 0 Å². The summed E-state index contributed by atoms with van der Waals surface area (Å²) in [5.41, 5.74) is 0. The van der Waals surface area contributed by atoms with E-state index in [-0.39, 0.29) is 0 Å². The average molecular weight is 160 g/mol. The highest BCUT2D eigenvalue weighted by Gasteiger charge is 1.83. The van der Waals surface area contributed by atoms with Crippen LogP contribution < -0.4 is 4.74 Å². The van der Waals surface area contributed by atoms with Gasteiger partial charge in [-0.3, -0.25) is 0 Å². The Morgan fingerprint density at radius 1 is 1.25 bits per heavy atom. The van der Waals surface area contributed by atoms with E-state index in [1.807, 2.05) is 42.5 Å². The Morgan fingerprint density at radius 2 is 2.00 bits per heavy atom. The summed E-state index contributed by atoms with van der Waals surface area (Å²) >= 11 is 0. The molecule has 12 heavy (non-hydrogen) atoms. The molecule has 1 heteroatoms. The number of para-hydroxylation sites is 1. The van der Waals surface area contributed by atoms with Crippen LogP contribution in [0, 0.1) is 0 Å². The zero-order valence-electron chi connectivity index (χ0n) is 6.94. The lowest BCUT2D eigenvalue weighted by Crippen LogP contribution is -1.79. The molecule has 1 nitrogen and oxygen atoms in total. The predicted octanol–water partition coefficient (Wildman–Crippen LogP) is 3.16. The molecule has 0 saturated heterocycles. The molecule has 1 rings (SSSR count). The quantitative estimate of drug-likeness (QED) is 0.485. The predicted molar refractivity (Wildman–Crippen MR) is 51.0 cm³/mol. The number of rotatable bonds is 4. The fourth-order valence-corrected chi connectivity index (χ4v) is 0.778. The van der Waals surface area contributed by atoms with Crippen LogP contribution >= 0.6 is 0 Å². The van der Waals surface area contributed by atoms with Gasteiger partial charge in [-0.05, 0) is 24.6 Å². The van der Waals surface area contributed by atoms with Gasteiger partial charge in [0.15, 0.2) is 0 Å². The summed E-state index contributed by atoms with van der Waals surface area (Å²) in [6, 6.07) is 9.67. The van der Waals surface area contributed by atoms with Crippen LogP contribution in [0.15, 0.2) is 55.3 Å². The normalized spacial score (nSPS) is 10.0. The van der Waals surface area contributed by atoms with Crippen molar-refractivity contribution in [1.82, 2.24) is 0 Å². The highest BCUT2D eigenvalue weighted by molar-refractivity contribution is 5.21. The second-order valence-electron chi connectivity index (χ2n) is 2.33. The highest BCUT2D eigenvalue weighted by atomic mass is 16.5. The molecular weight excluding hydrogens is 148 g/mol. The fraction of sp³-hybridized carbons (Fsp3) is 0.0909. The first-order valence-corrected chi connectivity index (χ1v) is 3.91. The maximum Gasteiger partial charge on any atom is 0.126 e. The summed E-state index contributed by atoms with van der Waals surface area (Å²) in [6.07, 6.45) is 6.26. The molecule has 0 saturated carbocycles. The lowest BCUT2D eigenvalue weighted by Gasteiger charge is -1.96. The topological polar surface area (TPSA) is 9.23 Å². The molecule has 1 aromatic rings. The van der Waals surface area contributed by atoms with Crippen LogP contribution in [0.1, 0.15) is 6.42 Å². The van der Waals surface area contributed by atoms with Crippen LogP contribution in [0.3, 0.4) is 0 Å². The van der Waals surface area contributed by atoms with Gasteiger partial charge in [0, 0.05) is 0 Å². The van der Waals surface area contributed by atoms with E-state index in [2.05, 4.69) is 6.58 Å². The Kier molecular flexibility index (Phi) is 3.72. The fourth-order valence-electron chi connectivity index (χ4n) is 0.778. The van der Waals surface area contributed by atoms with Crippen LogP contribution in [0.25, 0.3) is 0 Å². The minimum absolute atomic E-state index is 0.840. The van der Waals surface area contributed by atoms with Gasteiger partial charge in [-0.1, -0.05) is 24.3 Å². The van der Waals surface area contributed by atoms with E-state index >= 15 is 0 Å². The SMILES string of the molecule is C=CCC=COc1ccccc1. The molecule has 0 spiro atoms. The van der Waals surface area contributed by atoms with Crippen molar-refractivity contribution in [3.8, 4) is 5.75 Å². The van der Waals surface area contributed by atoms with Crippen LogP contribution in [-0.4, -0.2) is 0 Å². The molecule has 0 amide bonds. The van der Waals surface area contributed by atoms with E-state index in [9.17, 15) is 0 Å². The molecule has 0 aliphatic rings. The first kappa shape index (κ1) is 8.60. The molecule has 0 aliphatic carbocycles. The van der Waals surface area contributed by atoms with Crippen molar-refractivity contribution in [1.29, 1.82) is 0 Å². The third-order valence-electron chi connectivity index (χ3n) is 1.35. The Bertz CT molecular complexity index is 249. The summed E-state index contributed by atoms with van der Waals surface area (Å²) in [5.74, 6) is 0.859. The molecule has 0 heterocycles. The second kappa shape index (κ2) is 5.19. The summed E-state index contributed by atoms with van der Waals surface area (Å²) in [7, 11) is 0. The summed E-state index contributed by atoms with van der Waals surface area (Å²) in [6.45, 7) is 3.60. The van der Waals surface area contributed by atoms with Gasteiger partial charge in [-0.15, -0.1) is 6.58 Å². The smallest absolute Gasteiger partial charge is 0.126 e. The highest BCUT2D eigenvalue weighted by Crippen LogP contribution is 2.08. The van der Waals surface area contributed by atoms with Crippen molar-refractivity contribution < 1.29 is 4.74 Å². The Balaban J connectivity index is 2.38. The van der Waals surface area contributed by atoms with Crippen molar-refractivity contribution in [3.63, 3.8) is 0 Å². The Hall–Kier alpha value is -1.50. The Labute approximate surface area is 73.0 Å². The summed E-state index contributed by atoms with van der Waals surface area (Å²) in [4.78, 5) is 0. The van der Waals surface area contributed by atoms with E-state index < -0.39 is 0 Å². The number of allylic oxidation sites excluding steroid dienone is 2. The number of hydrogen-bond acceptors (Lipinski definition) is 1. The van der Waals surface area contributed by atoms with Crippen molar-refractivity contribution in [3.05, 3.63) is 55.3 Å². The minimum Gasteiger partial charge on any atom is -0.465 e. The molecule has 0 atom stereocenters. The van der Waals surface area contributed by atoms with Gasteiger partial charge in [0.05, 0.1) is 6.26 Å². The maximum absolute atomic E-state index is 5.28. The molecule has 62 valence electrons. The monoisotopic (exact) mass is 160 g/mol. The number of ether oxygens (including phenoxy) is 1. The van der Waals surface area contributed by atoms with E-state index in [1.165, 1.54) is 0 Å². The van der Waals surface area contributed by atoms with Crippen molar-refractivity contribution >= 4 is 0 Å². The molecule has 0 unspecified atom stereocenters. The molecule has 0 radical (unpaired) electrons. The molecule has 1 aromatic carbocycles. The second-order valence-corrected chi connectivity index (χ2v) is 2.33. The third-order valence-corrected chi connectivity index (χ3v) is 1.35. The van der Waals surface area contributed by atoms with Gasteiger partial charge in [0.1, 0.15) is 5.75 Å². The number of hydrogen-bond donors (Lipinski definition) is 0. The lowest BCUT2D eigenvalue weighted by molar-refractivity contribution is 0.479. The Morgan fingerprint density at radius 3 is 2.67 bits per heavy atom. The van der Waals surface area contributed by atoms with E-state index in [1.54, 1.807) is 6.26 Å². The average Bonchev–Trinajstić information content (AvgIpc) is 2.14. The zero-order chi connectivity index (χ0) is 8.65. The van der Waals surface area contributed by atoms with Crippen LogP contribution in [0.5, 0.6) is 5.75 Å². The first-order valence-electron chi connectivity index (χ1n) is 3.91. The van der Waals surface area contributed by atoms with Crippen LogP contribution in [-0.2, 0) is 0 Å². The van der Waals surface area contributed by atoms with Crippen LogP contribution in [0.4, 0.5) is 0 Å². The lowest BCUT2D eigenvalue weighted by atomic mass is 10.3. The summed E-state index contributed by atoms with van der Waals surface area (Å²) in [5, 5.41) is 0. The molecule has 0 bridgehead atoms. The largest absolute Gasteiger partial charge is 0.465 e. The van der Waals surface area contributed by atoms with E-state index in [0.717, 1.165) is 12.2 Å². The van der Waals surface area contributed by atoms with Gasteiger partial charge in [0.25, 0.3) is 0 Å². The van der Waals surface area contributed by atoms with Gasteiger partial charge < -0.3 is 4.74 Å². The summed E-state index contributed by atoms with van der Waals surface area (Å²) < 4.78 is 5.28. The minimum atomic E-state index is 0.840. The standard InChI is InChI=1S/C11H12O/c1-2-3-7-10-12-11-8-5-4-6-9-11/h2,4-10H,1,3H2. The van der Waals surface area contributed by atoms with Crippen molar-refractivity contribution in [2.75, 3.05) is 0 Å². The molecular formula is C11H12O. The van der Waals surface area contributed by atoms with E-state index in [4.69, 9.17) is 4.74 Å². The van der Waals surface area contributed by atoms with Crippen molar-refractivity contribution in [2.45, 2.75) is 6.42 Å². The van der Waals surface area contributed by atoms with Crippen LogP contribution in [0.2, 0.25) is 0 Å². The first-order chi connectivity index (χ1) is 5.93. The van der Waals surface area contributed by atoms with Gasteiger partial charge in [-0.25, -0.2) is 0 Å². The van der Waals surface area contributed by atoms with Gasteiger partial charge >= 0.3 is 0 Å². The van der Waals surface area contributed by atoms with Gasteiger partial charge in [-0.2, -0.15) is 0 Å². The third kappa shape index (κ3) is 3.06. The maximum atomic E-state index is 5.28. The van der Waals surface area contributed by atoms with Crippen molar-refractivity contribution in [2.24, 2.45) is 0 Å². The molecule has 0 aromatic heterocycles. The zero-order valence-corrected chi connectivity index (χ0v) is 6.94. The van der Waals surface area contributed by atoms with E-state index in [0.29, 0.717) is 0 Å².